The molecule has 148 valence electrons. The van der Waals surface area contributed by atoms with Crippen LogP contribution in [-0.4, -0.2) is 18.6 Å². The molecule has 2 aromatic heterocycles. The molecule has 29 heavy (non-hydrogen) atoms. The van der Waals surface area contributed by atoms with Gasteiger partial charge in [-0.25, -0.2) is 8.42 Å². The molecule has 0 radical (unpaired) electrons. The van der Waals surface area contributed by atoms with Gasteiger partial charge in [0.25, 0.3) is 10.0 Å². The number of hydrogen-bond donors (Lipinski definition) is 1. The van der Waals surface area contributed by atoms with Crippen LogP contribution in [0, 0.1) is 6.92 Å². The summed E-state index contributed by atoms with van der Waals surface area (Å²) in [6, 6.07) is 15.2. The lowest BCUT2D eigenvalue weighted by molar-refractivity contribution is 0.384. The van der Waals surface area contributed by atoms with E-state index in [9.17, 15) is 8.42 Å². The Morgan fingerprint density at radius 1 is 1.07 bits per heavy atom. The number of hydrogen-bond acceptors (Lipinski definition) is 6. The van der Waals surface area contributed by atoms with Crippen molar-refractivity contribution in [1.82, 2.24) is 10.1 Å². The lowest BCUT2D eigenvalue weighted by Gasteiger charge is -2.13. The Hall–Kier alpha value is -3.10. The van der Waals surface area contributed by atoms with Gasteiger partial charge in [0.2, 0.25) is 11.7 Å². The van der Waals surface area contributed by atoms with Crippen molar-refractivity contribution in [3.63, 3.8) is 0 Å². The molecule has 0 fully saturated rings. The van der Waals surface area contributed by atoms with Gasteiger partial charge in [0, 0.05) is 5.02 Å². The number of benzene rings is 2. The maximum Gasteiger partial charge on any atom is 0.262 e. The molecular formula is C20H16ClN3O4S. The van der Waals surface area contributed by atoms with Gasteiger partial charge in [0.15, 0.2) is 5.76 Å². The average Bonchev–Trinajstić information content (AvgIpc) is 3.37. The van der Waals surface area contributed by atoms with Crippen LogP contribution < -0.4 is 4.72 Å². The first-order valence-electron chi connectivity index (χ1n) is 8.66. The number of halogens is 1. The molecule has 0 bridgehead atoms. The van der Waals surface area contributed by atoms with E-state index in [1.807, 2.05) is 6.07 Å². The Bertz CT molecular complexity index is 1250. The first-order valence-corrected chi connectivity index (χ1v) is 10.5. The first kappa shape index (κ1) is 19.2. The minimum Gasteiger partial charge on any atom is -0.461 e. The highest BCUT2D eigenvalue weighted by Crippen LogP contribution is 2.27. The summed E-state index contributed by atoms with van der Waals surface area (Å²) < 4.78 is 39.0. The summed E-state index contributed by atoms with van der Waals surface area (Å²) in [7, 11) is -3.83. The van der Waals surface area contributed by atoms with Gasteiger partial charge in [-0.05, 0) is 48.4 Å². The molecule has 0 saturated heterocycles. The van der Waals surface area contributed by atoms with Gasteiger partial charge >= 0.3 is 0 Å². The smallest absolute Gasteiger partial charge is 0.262 e. The molecule has 2 aromatic carbocycles. The highest BCUT2D eigenvalue weighted by molar-refractivity contribution is 7.92. The van der Waals surface area contributed by atoms with Gasteiger partial charge < -0.3 is 8.94 Å². The standard InChI is InChI=1S/C20H16ClN3O4S/c1-13-15(21)7-4-10-18(13)29(25,26)24-16-8-3-2-6-14(16)12-19-22-20(23-28-19)17-9-5-11-27-17/h2-11,24H,12H2,1H3. The SMILES string of the molecule is Cc1c(Cl)cccc1S(=O)(=O)Nc1ccccc1Cc1nc(-c2ccco2)no1. The molecule has 1 N–H and O–H groups in total. The summed E-state index contributed by atoms with van der Waals surface area (Å²) in [5, 5.41) is 4.28. The Kier molecular flexibility index (Phi) is 5.12. The zero-order chi connectivity index (χ0) is 20.4. The van der Waals surface area contributed by atoms with Crippen LogP contribution in [0.1, 0.15) is 17.0 Å². The van der Waals surface area contributed by atoms with Crippen LogP contribution in [0.2, 0.25) is 5.02 Å². The van der Waals surface area contributed by atoms with Crippen molar-refractivity contribution in [3.8, 4) is 11.6 Å². The Morgan fingerprint density at radius 2 is 1.90 bits per heavy atom. The van der Waals surface area contributed by atoms with Crippen LogP contribution in [0.25, 0.3) is 11.6 Å². The average molecular weight is 430 g/mol. The van der Waals surface area contributed by atoms with Crippen LogP contribution >= 0.6 is 11.6 Å². The molecule has 0 aliphatic carbocycles. The van der Waals surface area contributed by atoms with E-state index in [1.54, 1.807) is 49.4 Å². The minimum absolute atomic E-state index is 0.123. The molecular weight excluding hydrogens is 414 g/mol. The number of rotatable bonds is 6. The van der Waals surface area contributed by atoms with Crippen LogP contribution in [-0.2, 0) is 16.4 Å². The molecule has 4 aromatic rings. The minimum atomic E-state index is -3.83. The Labute approximate surface area is 172 Å². The van der Waals surface area contributed by atoms with E-state index in [-0.39, 0.29) is 11.3 Å². The zero-order valence-electron chi connectivity index (χ0n) is 15.3. The summed E-state index contributed by atoms with van der Waals surface area (Å²) in [6.45, 7) is 1.66. The van der Waals surface area contributed by atoms with Crippen molar-refractivity contribution in [3.05, 3.63) is 82.9 Å². The predicted octanol–water partition coefficient (Wildman–Crippen LogP) is 4.68. The van der Waals surface area contributed by atoms with Crippen molar-refractivity contribution < 1.29 is 17.4 Å². The molecule has 0 amide bonds. The molecule has 0 atom stereocenters. The van der Waals surface area contributed by atoms with Gasteiger partial charge in [-0.2, -0.15) is 4.98 Å². The molecule has 0 aliphatic rings. The first-order chi connectivity index (χ1) is 13.9. The van der Waals surface area contributed by atoms with E-state index < -0.39 is 10.0 Å². The lowest BCUT2D eigenvalue weighted by Crippen LogP contribution is -2.15. The van der Waals surface area contributed by atoms with Crippen LogP contribution in [0.3, 0.4) is 0 Å². The van der Waals surface area contributed by atoms with Gasteiger partial charge in [0.1, 0.15) is 0 Å². The fraction of sp³-hybridized carbons (Fsp3) is 0.100. The number of anilines is 1. The van der Waals surface area contributed by atoms with Crippen LogP contribution in [0.15, 0.2) is 74.7 Å². The van der Waals surface area contributed by atoms with E-state index in [4.69, 9.17) is 20.5 Å². The third-order valence-corrected chi connectivity index (χ3v) is 6.24. The Morgan fingerprint density at radius 3 is 2.69 bits per heavy atom. The number of nitrogens with zero attached hydrogens (tertiary/aromatic N) is 2. The van der Waals surface area contributed by atoms with Crippen molar-refractivity contribution >= 4 is 27.3 Å². The highest BCUT2D eigenvalue weighted by atomic mass is 35.5. The largest absolute Gasteiger partial charge is 0.461 e. The summed E-state index contributed by atoms with van der Waals surface area (Å²) in [5.74, 6) is 1.16. The van der Waals surface area contributed by atoms with Gasteiger partial charge in [0.05, 0.1) is 23.3 Å². The second-order valence-corrected chi connectivity index (χ2v) is 8.35. The normalized spacial score (nSPS) is 11.5. The Balaban J connectivity index is 1.61. The molecule has 0 aliphatic heterocycles. The molecule has 0 unspecified atom stereocenters. The second kappa shape index (κ2) is 7.73. The number of para-hydroxylation sites is 1. The van der Waals surface area contributed by atoms with Crippen LogP contribution in [0.4, 0.5) is 5.69 Å². The fourth-order valence-electron chi connectivity index (χ4n) is 2.85. The van der Waals surface area contributed by atoms with Crippen molar-refractivity contribution in [1.29, 1.82) is 0 Å². The molecule has 0 saturated carbocycles. The van der Waals surface area contributed by atoms with E-state index in [1.165, 1.54) is 12.3 Å². The maximum atomic E-state index is 12.9. The highest BCUT2D eigenvalue weighted by Gasteiger charge is 2.20. The lowest BCUT2D eigenvalue weighted by atomic mass is 10.1. The van der Waals surface area contributed by atoms with E-state index in [2.05, 4.69) is 14.9 Å². The summed E-state index contributed by atoms with van der Waals surface area (Å²) in [5.41, 5.74) is 1.59. The topological polar surface area (TPSA) is 98.2 Å². The third-order valence-electron chi connectivity index (χ3n) is 4.32. The number of furan rings is 1. The molecule has 9 heteroatoms. The van der Waals surface area contributed by atoms with E-state index >= 15 is 0 Å². The van der Waals surface area contributed by atoms with Crippen molar-refractivity contribution in [2.45, 2.75) is 18.2 Å². The molecule has 0 spiro atoms. The third kappa shape index (κ3) is 4.03. The van der Waals surface area contributed by atoms with Gasteiger partial charge in [-0.1, -0.05) is 41.0 Å². The van der Waals surface area contributed by atoms with Crippen molar-refractivity contribution in [2.75, 3.05) is 4.72 Å². The van der Waals surface area contributed by atoms with Crippen LogP contribution in [0.5, 0.6) is 0 Å². The number of nitrogens with one attached hydrogen (secondary N) is 1. The zero-order valence-corrected chi connectivity index (χ0v) is 16.9. The summed E-state index contributed by atoms with van der Waals surface area (Å²) in [6.07, 6.45) is 1.77. The van der Waals surface area contributed by atoms with E-state index in [0.29, 0.717) is 39.3 Å². The summed E-state index contributed by atoms with van der Waals surface area (Å²) >= 11 is 6.08. The molecule has 4 rings (SSSR count). The second-order valence-electron chi connectivity index (χ2n) is 6.29. The fourth-order valence-corrected chi connectivity index (χ4v) is 4.45. The monoisotopic (exact) mass is 429 g/mol. The quantitative estimate of drug-likeness (QED) is 0.477. The predicted molar refractivity (Wildman–Crippen MR) is 108 cm³/mol. The van der Waals surface area contributed by atoms with Gasteiger partial charge in [-0.3, -0.25) is 4.72 Å². The van der Waals surface area contributed by atoms with Gasteiger partial charge in [-0.15, -0.1) is 0 Å². The number of aromatic nitrogens is 2. The molecule has 7 nitrogen and oxygen atoms in total. The van der Waals surface area contributed by atoms with Crippen molar-refractivity contribution in [2.24, 2.45) is 0 Å². The molecule has 2 heterocycles. The van der Waals surface area contributed by atoms with E-state index in [0.717, 1.165) is 0 Å². The summed E-state index contributed by atoms with van der Waals surface area (Å²) in [4.78, 5) is 4.43. The number of sulfonamides is 1. The maximum absolute atomic E-state index is 12.9.